The zero-order valence-corrected chi connectivity index (χ0v) is 15.3. The first-order valence-electron chi connectivity index (χ1n) is 8.10. The smallest absolute Gasteiger partial charge is 0.187 e. The molecule has 0 unspecified atom stereocenters. The molecule has 26 heavy (non-hydrogen) atoms. The lowest BCUT2D eigenvalue weighted by atomic mass is 10.1. The molecule has 1 aliphatic rings. The second kappa shape index (κ2) is 7.28. The fourth-order valence-corrected chi connectivity index (χ4v) is 3.74. The van der Waals surface area contributed by atoms with Crippen LogP contribution in [-0.2, 0) is 0 Å². The monoisotopic (exact) mass is 378 g/mol. The lowest BCUT2D eigenvalue weighted by Crippen LogP contribution is -2.02. The van der Waals surface area contributed by atoms with Crippen molar-refractivity contribution in [1.82, 2.24) is 0 Å². The SMILES string of the molecule is O=C(/C=C/Nc1ccc(Cl)cc1)c1ccc2c(c1)Nc1ccccc1S2. The second-order valence-electron chi connectivity index (χ2n) is 5.78. The van der Waals surface area contributed by atoms with Gasteiger partial charge in [-0.25, -0.2) is 0 Å². The Labute approximate surface area is 161 Å². The number of fused-ring (bicyclic) bond motifs is 2. The number of anilines is 3. The Bertz CT molecular complexity index is 999. The van der Waals surface area contributed by atoms with E-state index in [9.17, 15) is 4.79 Å². The second-order valence-corrected chi connectivity index (χ2v) is 7.30. The third kappa shape index (κ3) is 3.62. The van der Waals surface area contributed by atoms with Crippen LogP contribution in [0.1, 0.15) is 10.4 Å². The number of halogens is 1. The Balaban J connectivity index is 1.47. The molecule has 0 saturated carbocycles. The number of nitrogens with one attached hydrogen (secondary N) is 2. The molecule has 128 valence electrons. The Morgan fingerprint density at radius 1 is 0.962 bits per heavy atom. The standard InChI is InChI=1S/C21H15ClN2OS/c22-15-6-8-16(9-7-15)23-12-11-19(25)14-5-10-21-18(13-14)24-17-3-1-2-4-20(17)26-21/h1-13,23-24H/b12-11+. The van der Waals surface area contributed by atoms with E-state index in [2.05, 4.69) is 16.7 Å². The number of carbonyl (C=O) groups excluding carboxylic acids is 1. The van der Waals surface area contributed by atoms with Gasteiger partial charge in [-0.1, -0.05) is 35.5 Å². The molecule has 0 aromatic heterocycles. The molecule has 2 N–H and O–H groups in total. The average Bonchev–Trinajstić information content (AvgIpc) is 2.67. The third-order valence-electron chi connectivity index (χ3n) is 3.97. The van der Waals surface area contributed by atoms with Gasteiger partial charge in [-0.2, -0.15) is 0 Å². The maximum atomic E-state index is 12.4. The number of hydrogen-bond acceptors (Lipinski definition) is 4. The van der Waals surface area contributed by atoms with Crippen molar-refractivity contribution in [3.8, 4) is 0 Å². The summed E-state index contributed by atoms with van der Waals surface area (Å²) in [6.07, 6.45) is 3.17. The molecule has 4 rings (SSSR count). The number of carbonyl (C=O) groups is 1. The fourth-order valence-electron chi connectivity index (χ4n) is 2.65. The number of benzene rings is 3. The normalized spacial score (nSPS) is 12.2. The molecule has 1 aliphatic heterocycles. The first-order chi connectivity index (χ1) is 12.7. The minimum absolute atomic E-state index is 0.0556. The van der Waals surface area contributed by atoms with Gasteiger partial charge in [-0.15, -0.1) is 0 Å². The van der Waals surface area contributed by atoms with Gasteiger partial charge in [0.25, 0.3) is 0 Å². The first-order valence-corrected chi connectivity index (χ1v) is 9.29. The van der Waals surface area contributed by atoms with E-state index in [1.54, 1.807) is 30.1 Å². The minimum Gasteiger partial charge on any atom is -0.362 e. The quantitative estimate of drug-likeness (QED) is 0.320. The highest BCUT2D eigenvalue weighted by Gasteiger charge is 2.16. The fraction of sp³-hybridized carbons (Fsp3) is 0. The lowest BCUT2D eigenvalue weighted by molar-refractivity contribution is 0.104. The van der Waals surface area contributed by atoms with Gasteiger partial charge in [0, 0.05) is 38.3 Å². The maximum absolute atomic E-state index is 12.4. The van der Waals surface area contributed by atoms with Crippen molar-refractivity contribution in [2.75, 3.05) is 10.6 Å². The van der Waals surface area contributed by atoms with Crippen molar-refractivity contribution in [2.45, 2.75) is 9.79 Å². The van der Waals surface area contributed by atoms with E-state index in [-0.39, 0.29) is 5.78 Å². The highest BCUT2D eigenvalue weighted by atomic mass is 35.5. The van der Waals surface area contributed by atoms with Crippen molar-refractivity contribution in [1.29, 1.82) is 0 Å². The maximum Gasteiger partial charge on any atom is 0.187 e. The number of allylic oxidation sites excluding steroid dienone is 1. The van der Waals surface area contributed by atoms with Crippen LogP contribution in [0, 0.1) is 0 Å². The molecular weight excluding hydrogens is 364 g/mol. The highest BCUT2D eigenvalue weighted by molar-refractivity contribution is 7.99. The zero-order chi connectivity index (χ0) is 17.9. The average molecular weight is 379 g/mol. The summed E-state index contributed by atoms with van der Waals surface area (Å²) < 4.78 is 0. The molecule has 0 spiro atoms. The molecule has 0 aliphatic carbocycles. The number of rotatable bonds is 4. The van der Waals surface area contributed by atoms with Crippen LogP contribution in [0.15, 0.2) is 88.8 Å². The number of hydrogen-bond donors (Lipinski definition) is 2. The van der Waals surface area contributed by atoms with Crippen LogP contribution in [0.5, 0.6) is 0 Å². The van der Waals surface area contributed by atoms with E-state index in [0.29, 0.717) is 10.6 Å². The molecule has 0 amide bonds. The summed E-state index contributed by atoms with van der Waals surface area (Å²) in [5.74, 6) is -0.0556. The van der Waals surface area contributed by atoms with E-state index < -0.39 is 0 Å². The summed E-state index contributed by atoms with van der Waals surface area (Å²) >= 11 is 7.56. The van der Waals surface area contributed by atoms with E-state index in [1.165, 1.54) is 11.0 Å². The van der Waals surface area contributed by atoms with Crippen LogP contribution in [0.4, 0.5) is 17.1 Å². The molecule has 0 atom stereocenters. The Kier molecular flexibility index (Phi) is 4.69. The summed E-state index contributed by atoms with van der Waals surface area (Å²) in [6, 6.07) is 21.2. The molecular formula is C21H15ClN2OS. The van der Waals surface area contributed by atoms with Crippen LogP contribution < -0.4 is 10.6 Å². The number of ketones is 1. The van der Waals surface area contributed by atoms with Crippen LogP contribution in [0.2, 0.25) is 5.02 Å². The number of para-hydroxylation sites is 1. The van der Waals surface area contributed by atoms with E-state index in [0.717, 1.165) is 22.0 Å². The molecule has 0 radical (unpaired) electrons. The van der Waals surface area contributed by atoms with Crippen molar-refractivity contribution in [3.05, 3.63) is 89.6 Å². The van der Waals surface area contributed by atoms with Gasteiger partial charge in [-0.3, -0.25) is 4.79 Å². The van der Waals surface area contributed by atoms with Crippen LogP contribution in [0.3, 0.4) is 0 Å². The van der Waals surface area contributed by atoms with Gasteiger partial charge in [0.15, 0.2) is 5.78 Å². The van der Waals surface area contributed by atoms with Crippen LogP contribution in [0.25, 0.3) is 0 Å². The summed E-state index contributed by atoms with van der Waals surface area (Å²) in [4.78, 5) is 14.7. The minimum atomic E-state index is -0.0556. The summed E-state index contributed by atoms with van der Waals surface area (Å²) in [5.41, 5.74) is 3.54. The summed E-state index contributed by atoms with van der Waals surface area (Å²) in [5, 5.41) is 7.14. The summed E-state index contributed by atoms with van der Waals surface area (Å²) in [7, 11) is 0. The van der Waals surface area contributed by atoms with Gasteiger partial charge in [0.2, 0.25) is 0 Å². The Morgan fingerprint density at radius 2 is 1.73 bits per heavy atom. The molecule has 3 nitrogen and oxygen atoms in total. The summed E-state index contributed by atoms with van der Waals surface area (Å²) in [6.45, 7) is 0. The van der Waals surface area contributed by atoms with E-state index >= 15 is 0 Å². The predicted molar refractivity (Wildman–Crippen MR) is 109 cm³/mol. The first kappa shape index (κ1) is 16.8. The van der Waals surface area contributed by atoms with Gasteiger partial charge in [0.05, 0.1) is 11.4 Å². The van der Waals surface area contributed by atoms with Gasteiger partial charge >= 0.3 is 0 Å². The van der Waals surface area contributed by atoms with E-state index in [1.807, 2.05) is 48.5 Å². The molecule has 0 saturated heterocycles. The van der Waals surface area contributed by atoms with Crippen molar-refractivity contribution in [2.24, 2.45) is 0 Å². The molecule has 3 aromatic carbocycles. The largest absolute Gasteiger partial charge is 0.362 e. The van der Waals surface area contributed by atoms with Crippen molar-refractivity contribution < 1.29 is 4.79 Å². The van der Waals surface area contributed by atoms with Gasteiger partial charge < -0.3 is 10.6 Å². The van der Waals surface area contributed by atoms with Crippen LogP contribution in [-0.4, -0.2) is 5.78 Å². The van der Waals surface area contributed by atoms with Gasteiger partial charge in [0.1, 0.15) is 0 Å². The topological polar surface area (TPSA) is 41.1 Å². The Morgan fingerprint density at radius 3 is 2.58 bits per heavy atom. The Hall–Kier alpha value is -2.69. The van der Waals surface area contributed by atoms with Crippen LogP contribution >= 0.6 is 23.4 Å². The van der Waals surface area contributed by atoms with Crippen molar-refractivity contribution in [3.63, 3.8) is 0 Å². The molecule has 5 heteroatoms. The van der Waals surface area contributed by atoms with Crippen molar-refractivity contribution >= 4 is 46.2 Å². The van der Waals surface area contributed by atoms with Gasteiger partial charge in [-0.05, 0) is 54.6 Å². The molecule has 1 heterocycles. The molecule has 0 fully saturated rings. The lowest BCUT2D eigenvalue weighted by Gasteiger charge is -2.20. The highest BCUT2D eigenvalue weighted by Crippen LogP contribution is 2.44. The zero-order valence-electron chi connectivity index (χ0n) is 13.7. The third-order valence-corrected chi connectivity index (χ3v) is 5.37. The van der Waals surface area contributed by atoms with E-state index in [4.69, 9.17) is 11.6 Å². The molecule has 0 bridgehead atoms. The predicted octanol–water partition coefficient (Wildman–Crippen LogP) is 6.36. The molecule has 3 aromatic rings.